The molecule has 3 rings (SSSR count). The van der Waals surface area contributed by atoms with Crippen LogP contribution in [0.1, 0.15) is 27.2 Å². The number of amides is 1. The number of hydrogen-bond acceptors (Lipinski definition) is 4. The van der Waals surface area contributed by atoms with Gasteiger partial charge < -0.3 is 10.1 Å². The first-order chi connectivity index (χ1) is 12.9. The lowest BCUT2D eigenvalue weighted by atomic mass is 10.1. The molecular formula is C21H21N3O3. The fraction of sp³-hybridized carbons (Fsp3) is 0.190. The first-order valence-corrected chi connectivity index (χ1v) is 8.53. The second-order valence-corrected chi connectivity index (χ2v) is 6.37. The number of methoxy groups -OCH3 is 1. The maximum absolute atomic E-state index is 12.8. The summed E-state index contributed by atoms with van der Waals surface area (Å²) in [6.45, 7) is 5.78. The number of carbonyl (C=O) groups excluding carboxylic acids is 1. The fourth-order valence-electron chi connectivity index (χ4n) is 2.86. The highest BCUT2D eigenvalue weighted by atomic mass is 16.5. The summed E-state index contributed by atoms with van der Waals surface area (Å²) >= 11 is 0. The van der Waals surface area contributed by atoms with Crippen LogP contribution in [0.15, 0.2) is 53.3 Å². The lowest BCUT2D eigenvalue weighted by molar-refractivity contribution is 0.101. The average Bonchev–Trinajstić information content (AvgIpc) is 2.64. The van der Waals surface area contributed by atoms with Gasteiger partial charge in [0.1, 0.15) is 0 Å². The van der Waals surface area contributed by atoms with Gasteiger partial charge in [0.15, 0.2) is 11.4 Å². The largest absolute Gasteiger partial charge is 0.494 e. The Morgan fingerprint density at radius 1 is 1.04 bits per heavy atom. The third kappa shape index (κ3) is 3.74. The summed E-state index contributed by atoms with van der Waals surface area (Å²) in [5.41, 5.74) is 3.89. The Morgan fingerprint density at radius 2 is 1.78 bits per heavy atom. The van der Waals surface area contributed by atoms with E-state index in [2.05, 4.69) is 10.4 Å². The third-order valence-corrected chi connectivity index (χ3v) is 4.31. The maximum atomic E-state index is 12.8. The van der Waals surface area contributed by atoms with Crippen LogP contribution >= 0.6 is 0 Å². The normalized spacial score (nSPS) is 10.5. The second kappa shape index (κ2) is 7.45. The van der Waals surface area contributed by atoms with E-state index in [1.54, 1.807) is 6.07 Å². The molecule has 0 saturated heterocycles. The maximum Gasteiger partial charge on any atom is 0.280 e. The Morgan fingerprint density at radius 3 is 2.44 bits per heavy atom. The predicted molar refractivity (Wildman–Crippen MR) is 105 cm³/mol. The first kappa shape index (κ1) is 18.4. The molecule has 0 aliphatic heterocycles. The number of ether oxygens (including phenoxy) is 1. The number of hydrogen-bond donors (Lipinski definition) is 1. The number of anilines is 1. The number of aromatic nitrogens is 2. The molecule has 6 nitrogen and oxygen atoms in total. The van der Waals surface area contributed by atoms with Crippen molar-refractivity contribution in [1.82, 2.24) is 9.78 Å². The van der Waals surface area contributed by atoms with Gasteiger partial charge in [-0.2, -0.15) is 9.78 Å². The summed E-state index contributed by atoms with van der Waals surface area (Å²) in [6, 6.07) is 14.4. The number of nitrogens with zero attached hydrogens (tertiary/aromatic N) is 2. The van der Waals surface area contributed by atoms with Gasteiger partial charge in [0.05, 0.1) is 18.9 Å². The van der Waals surface area contributed by atoms with Crippen molar-refractivity contribution in [2.75, 3.05) is 12.4 Å². The standard InChI is InChI=1S/C21H21N3O3/c1-13-9-10-16(15(3)11-13)22-21(26)20-18(27-4)12-19(25)24(23-20)17-8-6-5-7-14(17)2/h5-12H,1-4H3,(H,22,26). The van der Waals surface area contributed by atoms with Crippen LogP contribution in [0.4, 0.5) is 5.69 Å². The average molecular weight is 363 g/mol. The van der Waals surface area contributed by atoms with Gasteiger partial charge in [-0.1, -0.05) is 35.9 Å². The van der Waals surface area contributed by atoms with Crippen molar-refractivity contribution in [2.24, 2.45) is 0 Å². The van der Waals surface area contributed by atoms with Gasteiger partial charge in [-0.15, -0.1) is 0 Å². The number of aryl methyl sites for hydroxylation is 3. The van der Waals surface area contributed by atoms with E-state index < -0.39 is 5.91 Å². The molecule has 138 valence electrons. The van der Waals surface area contributed by atoms with Crippen molar-refractivity contribution in [3.8, 4) is 11.4 Å². The van der Waals surface area contributed by atoms with Crippen LogP contribution in [0.2, 0.25) is 0 Å². The molecule has 6 heteroatoms. The molecule has 0 atom stereocenters. The van der Waals surface area contributed by atoms with Crippen LogP contribution in [0.5, 0.6) is 5.75 Å². The fourth-order valence-corrected chi connectivity index (χ4v) is 2.86. The van der Waals surface area contributed by atoms with Crippen molar-refractivity contribution in [3.05, 3.63) is 81.3 Å². The van der Waals surface area contributed by atoms with E-state index >= 15 is 0 Å². The van der Waals surface area contributed by atoms with Gasteiger partial charge in [-0.25, -0.2) is 0 Å². The minimum absolute atomic E-state index is 0.0420. The van der Waals surface area contributed by atoms with Crippen molar-refractivity contribution >= 4 is 11.6 Å². The summed E-state index contributed by atoms with van der Waals surface area (Å²) in [7, 11) is 1.41. The summed E-state index contributed by atoms with van der Waals surface area (Å²) in [4.78, 5) is 25.3. The van der Waals surface area contributed by atoms with Gasteiger partial charge in [0.2, 0.25) is 0 Å². The lowest BCUT2D eigenvalue weighted by Crippen LogP contribution is -2.26. The molecule has 0 spiro atoms. The topological polar surface area (TPSA) is 73.2 Å². The van der Waals surface area contributed by atoms with E-state index in [0.29, 0.717) is 11.4 Å². The first-order valence-electron chi connectivity index (χ1n) is 8.53. The van der Waals surface area contributed by atoms with Crippen LogP contribution in [-0.4, -0.2) is 22.8 Å². The highest BCUT2D eigenvalue weighted by Gasteiger charge is 2.19. The zero-order chi connectivity index (χ0) is 19.6. The van der Waals surface area contributed by atoms with Crippen molar-refractivity contribution in [3.63, 3.8) is 0 Å². The molecule has 0 aliphatic rings. The van der Waals surface area contributed by atoms with Gasteiger partial charge in [0.25, 0.3) is 11.5 Å². The molecule has 1 amide bonds. The molecule has 0 bridgehead atoms. The highest BCUT2D eigenvalue weighted by Crippen LogP contribution is 2.20. The number of benzene rings is 2. The molecule has 0 aliphatic carbocycles. The van der Waals surface area contributed by atoms with E-state index in [9.17, 15) is 9.59 Å². The molecule has 0 saturated carbocycles. The smallest absolute Gasteiger partial charge is 0.280 e. The minimum Gasteiger partial charge on any atom is -0.494 e. The van der Waals surface area contributed by atoms with E-state index in [-0.39, 0.29) is 17.0 Å². The highest BCUT2D eigenvalue weighted by molar-refractivity contribution is 6.05. The van der Waals surface area contributed by atoms with Crippen LogP contribution in [0.3, 0.4) is 0 Å². The predicted octanol–water partition coefficient (Wildman–Crippen LogP) is 3.42. The van der Waals surface area contributed by atoms with Crippen LogP contribution in [0.25, 0.3) is 5.69 Å². The minimum atomic E-state index is -0.443. The number of rotatable bonds is 4. The molecular weight excluding hydrogens is 342 g/mol. The van der Waals surface area contributed by atoms with Crippen molar-refractivity contribution in [1.29, 1.82) is 0 Å². The van der Waals surface area contributed by atoms with Crippen LogP contribution in [-0.2, 0) is 0 Å². The van der Waals surface area contributed by atoms with Crippen LogP contribution in [0, 0.1) is 20.8 Å². The molecule has 27 heavy (non-hydrogen) atoms. The summed E-state index contributed by atoms with van der Waals surface area (Å²) < 4.78 is 6.44. The summed E-state index contributed by atoms with van der Waals surface area (Å²) in [6.07, 6.45) is 0. The number of nitrogens with one attached hydrogen (secondary N) is 1. The Kier molecular flexibility index (Phi) is 5.07. The van der Waals surface area contributed by atoms with Gasteiger partial charge in [-0.3, -0.25) is 9.59 Å². The monoisotopic (exact) mass is 363 g/mol. The van der Waals surface area contributed by atoms with E-state index in [4.69, 9.17) is 4.74 Å². The Bertz CT molecular complexity index is 1070. The Labute approximate surface area is 157 Å². The molecule has 0 unspecified atom stereocenters. The number of para-hydroxylation sites is 1. The molecule has 1 aromatic heterocycles. The van der Waals surface area contributed by atoms with Crippen LogP contribution < -0.4 is 15.6 Å². The van der Waals surface area contributed by atoms with Gasteiger partial charge in [-0.05, 0) is 44.0 Å². The van der Waals surface area contributed by atoms with E-state index in [1.807, 2.05) is 57.2 Å². The quantitative estimate of drug-likeness (QED) is 0.771. The number of carbonyl (C=O) groups is 1. The van der Waals surface area contributed by atoms with Gasteiger partial charge in [0, 0.05) is 5.69 Å². The van der Waals surface area contributed by atoms with E-state index in [0.717, 1.165) is 16.7 Å². The molecule has 3 aromatic rings. The molecule has 1 heterocycles. The molecule has 0 fully saturated rings. The Hall–Kier alpha value is -3.41. The zero-order valence-corrected chi connectivity index (χ0v) is 15.7. The van der Waals surface area contributed by atoms with Gasteiger partial charge >= 0.3 is 0 Å². The molecule has 1 N–H and O–H groups in total. The van der Waals surface area contributed by atoms with E-state index in [1.165, 1.54) is 17.9 Å². The Balaban J connectivity index is 2.06. The molecule has 2 aromatic carbocycles. The lowest BCUT2D eigenvalue weighted by Gasteiger charge is -2.13. The second-order valence-electron chi connectivity index (χ2n) is 6.37. The summed E-state index contributed by atoms with van der Waals surface area (Å²) in [5.74, 6) is -0.312. The molecule has 0 radical (unpaired) electrons. The third-order valence-electron chi connectivity index (χ3n) is 4.31. The zero-order valence-electron chi connectivity index (χ0n) is 15.7. The van der Waals surface area contributed by atoms with Crippen molar-refractivity contribution in [2.45, 2.75) is 20.8 Å². The SMILES string of the molecule is COc1cc(=O)n(-c2ccccc2C)nc1C(=O)Nc1ccc(C)cc1C. The van der Waals surface area contributed by atoms with Crippen molar-refractivity contribution < 1.29 is 9.53 Å². The summed E-state index contributed by atoms with van der Waals surface area (Å²) in [5, 5.41) is 7.13.